The van der Waals surface area contributed by atoms with E-state index in [2.05, 4.69) is 16.2 Å². The molecule has 0 aliphatic carbocycles. The van der Waals surface area contributed by atoms with E-state index in [1.54, 1.807) is 0 Å². The van der Waals surface area contributed by atoms with Gasteiger partial charge < -0.3 is 5.32 Å². The summed E-state index contributed by atoms with van der Waals surface area (Å²) in [5, 5.41) is 2.98. The molecule has 1 amide bonds. The van der Waals surface area contributed by atoms with Crippen LogP contribution in [0.15, 0.2) is 6.20 Å². The molecule has 0 unspecified atom stereocenters. The van der Waals surface area contributed by atoms with Crippen molar-refractivity contribution in [1.29, 1.82) is 0 Å². The number of hydrogen-bond acceptors (Lipinski definition) is 3. The number of halogens is 1. The number of nitrogens with one attached hydrogen (secondary N) is 1. The van der Waals surface area contributed by atoms with Gasteiger partial charge in [-0.15, -0.1) is 12.3 Å². The molecule has 0 saturated heterocycles. The number of amides is 1. The van der Waals surface area contributed by atoms with E-state index in [0.717, 1.165) is 11.3 Å². The molecule has 0 spiro atoms. The van der Waals surface area contributed by atoms with Crippen LogP contribution < -0.4 is 5.32 Å². The maximum absolute atomic E-state index is 11.2. The molecular formula is C8H7ClN2OS. The monoisotopic (exact) mass is 214 g/mol. The number of nitrogens with zero attached hydrogens (tertiary/aromatic N) is 1. The number of carbonyl (C=O) groups is 1. The van der Waals surface area contributed by atoms with Crippen LogP contribution in [0.1, 0.15) is 16.2 Å². The summed E-state index contributed by atoms with van der Waals surface area (Å²) in [6.07, 6.45) is 6.99. The zero-order chi connectivity index (χ0) is 9.68. The van der Waals surface area contributed by atoms with Gasteiger partial charge in [-0.05, 0) is 0 Å². The highest BCUT2D eigenvalue weighted by molar-refractivity contribution is 7.17. The fraction of sp³-hybridized carbons (Fsp3) is 0.250. The molecule has 1 aromatic heterocycles. The maximum Gasteiger partial charge on any atom is 0.280 e. The standard InChI is InChI=1S/C8H7ClN2OS/c1-2-3-4-10-7(12)8-11-5-6(9)13-8/h1,5H,3-4H2,(H,10,12). The number of rotatable bonds is 3. The van der Waals surface area contributed by atoms with Crippen LogP contribution in [-0.2, 0) is 0 Å². The molecule has 0 fully saturated rings. The molecule has 3 nitrogen and oxygen atoms in total. The summed E-state index contributed by atoms with van der Waals surface area (Å²) < 4.78 is 0.502. The van der Waals surface area contributed by atoms with Gasteiger partial charge in [-0.1, -0.05) is 22.9 Å². The van der Waals surface area contributed by atoms with Gasteiger partial charge in [-0.3, -0.25) is 4.79 Å². The van der Waals surface area contributed by atoms with Gasteiger partial charge in [0.05, 0.1) is 6.20 Å². The van der Waals surface area contributed by atoms with Gasteiger partial charge in [0, 0.05) is 13.0 Å². The molecule has 0 aliphatic rings. The molecule has 0 radical (unpaired) electrons. The lowest BCUT2D eigenvalue weighted by molar-refractivity contribution is 0.0954. The Bertz CT molecular complexity index is 342. The van der Waals surface area contributed by atoms with Crippen molar-refractivity contribution in [2.75, 3.05) is 6.54 Å². The van der Waals surface area contributed by atoms with E-state index in [1.165, 1.54) is 6.20 Å². The van der Waals surface area contributed by atoms with Crippen molar-refractivity contribution in [1.82, 2.24) is 10.3 Å². The van der Waals surface area contributed by atoms with E-state index < -0.39 is 0 Å². The minimum Gasteiger partial charge on any atom is -0.349 e. The summed E-state index contributed by atoms with van der Waals surface area (Å²) in [6.45, 7) is 0.465. The van der Waals surface area contributed by atoms with Crippen LogP contribution >= 0.6 is 22.9 Å². The number of aromatic nitrogens is 1. The quantitative estimate of drug-likeness (QED) is 0.613. The van der Waals surface area contributed by atoms with Gasteiger partial charge in [0.1, 0.15) is 4.34 Å². The number of carbonyl (C=O) groups excluding carboxylic acids is 1. The molecule has 0 atom stereocenters. The second kappa shape index (κ2) is 4.85. The van der Waals surface area contributed by atoms with Crippen molar-refractivity contribution in [3.05, 3.63) is 15.5 Å². The predicted octanol–water partition coefficient (Wildman–Crippen LogP) is 1.55. The highest BCUT2D eigenvalue weighted by Crippen LogP contribution is 2.17. The van der Waals surface area contributed by atoms with Crippen molar-refractivity contribution in [2.45, 2.75) is 6.42 Å². The second-order valence-electron chi connectivity index (χ2n) is 2.18. The maximum atomic E-state index is 11.2. The largest absolute Gasteiger partial charge is 0.349 e. The van der Waals surface area contributed by atoms with Gasteiger partial charge in [-0.25, -0.2) is 4.98 Å². The van der Waals surface area contributed by atoms with E-state index in [1.807, 2.05) is 0 Å². The van der Waals surface area contributed by atoms with Crippen molar-refractivity contribution < 1.29 is 4.79 Å². The van der Waals surface area contributed by atoms with Crippen molar-refractivity contribution >= 4 is 28.8 Å². The van der Waals surface area contributed by atoms with Crippen LogP contribution in [0.4, 0.5) is 0 Å². The molecule has 0 bridgehead atoms. The first kappa shape index (κ1) is 10.0. The van der Waals surface area contributed by atoms with Crippen LogP contribution in [-0.4, -0.2) is 17.4 Å². The van der Waals surface area contributed by atoms with Crippen LogP contribution in [0, 0.1) is 12.3 Å². The Morgan fingerprint density at radius 3 is 3.15 bits per heavy atom. The lowest BCUT2D eigenvalue weighted by atomic mass is 10.4. The predicted molar refractivity (Wildman–Crippen MR) is 52.9 cm³/mol. The van der Waals surface area contributed by atoms with E-state index in [4.69, 9.17) is 18.0 Å². The summed E-state index contributed by atoms with van der Waals surface area (Å²) in [4.78, 5) is 15.1. The molecule has 68 valence electrons. The molecule has 13 heavy (non-hydrogen) atoms. The molecule has 1 rings (SSSR count). The molecular weight excluding hydrogens is 208 g/mol. The molecule has 5 heteroatoms. The van der Waals surface area contributed by atoms with Crippen molar-refractivity contribution in [3.8, 4) is 12.3 Å². The fourth-order valence-electron chi connectivity index (χ4n) is 0.683. The van der Waals surface area contributed by atoms with Crippen molar-refractivity contribution in [3.63, 3.8) is 0 Å². The first-order chi connectivity index (χ1) is 6.24. The smallest absolute Gasteiger partial charge is 0.280 e. The summed E-state index contributed by atoms with van der Waals surface area (Å²) in [6, 6.07) is 0. The molecule has 1 N–H and O–H groups in total. The summed E-state index contributed by atoms with van der Waals surface area (Å²) in [5.41, 5.74) is 0. The number of terminal acetylenes is 1. The lowest BCUT2D eigenvalue weighted by Crippen LogP contribution is -2.23. The fourth-order valence-corrected chi connectivity index (χ4v) is 1.51. The van der Waals surface area contributed by atoms with Crippen LogP contribution in [0.3, 0.4) is 0 Å². The first-order valence-electron chi connectivity index (χ1n) is 3.57. The molecule has 0 aliphatic heterocycles. The highest BCUT2D eigenvalue weighted by atomic mass is 35.5. The molecule has 0 aromatic carbocycles. The third kappa shape index (κ3) is 3.05. The van der Waals surface area contributed by atoms with E-state index >= 15 is 0 Å². The minimum absolute atomic E-state index is 0.229. The molecule has 1 aromatic rings. The Kier molecular flexibility index (Phi) is 3.74. The highest BCUT2D eigenvalue weighted by Gasteiger charge is 2.08. The topological polar surface area (TPSA) is 42.0 Å². The number of thiazole rings is 1. The normalized spacial score (nSPS) is 9.23. The minimum atomic E-state index is -0.229. The first-order valence-corrected chi connectivity index (χ1v) is 4.76. The van der Waals surface area contributed by atoms with Crippen molar-refractivity contribution in [2.24, 2.45) is 0 Å². The Hall–Kier alpha value is -1.05. The average molecular weight is 215 g/mol. The van der Waals surface area contributed by atoms with Crippen LogP contribution in [0.25, 0.3) is 0 Å². The zero-order valence-electron chi connectivity index (χ0n) is 6.71. The SMILES string of the molecule is C#CCCNC(=O)c1ncc(Cl)s1. The van der Waals surface area contributed by atoms with Crippen LogP contribution in [0.5, 0.6) is 0 Å². The third-order valence-electron chi connectivity index (χ3n) is 1.23. The van der Waals surface area contributed by atoms with E-state index in [9.17, 15) is 4.79 Å². The van der Waals surface area contributed by atoms with Crippen LogP contribution in [0.2, 0.25) is 4.34 Å². The Balaban J connectivity index is 2.45. The Labute approximate surface area is 85.1 Å². The summed E-state index contributed by atoms with van der Waals surface area (Å²) in [7, 11) is 0. The van der Waals surface area contributed by atoms with Gasteiger partial charge in [0.2, 0.25) is 0 Å². The summed E-state index contributed by atoms with van der Waals surface area (Å²) in [5.74, 6) is 2.19. The average Bonchev–Trinajstić information content (AvgIpc) is 2.52. The second-order valence-corrected chi connectivity index (χ2v) is 3.84. The number of hydrogen-bond donors (Lipinski definition) is 1. The van der Waals surface area contributed by atoms with Gasteiger partial charge in [0.15, 0.2) is 5.01 Å². The molecule has 1 heterocycles. The lowest BCUT2D eigenvalue weighted by Gasteiger charge is -1.97. The van der Waals surface area contributed by atoms with E-state index in [-0.39, 0.29) is 5.91 Å². The van der Waals surface area contributed by atoms with Gasteiger partial charge in [0.25, 0.3) is 5.91 Å². The van der Waals surface area contributed by atoms with Gasteiger partial charge >= 0.3 is 0 Å². The zero-order valence-corrected chi connectivity index (χ0v) is 8.28. The van der Waals surface area contributed by atoms with E-state index in [0.29, 0.717) is 22.3 Å². The van der Waals surface area contributed by atoms with Gasteiger partial charge in [-0.2, -0.15) is 0 Å². The Morgan fingerprint density at radius 1 is 1.85 bits per heavy atom. The molecule has 0 saturated carbocycles. The summed E-state index contributed by atoms with van der Waals surface area (Å²) >= 11 is 6.75. The Morgan fingerprint density at radius 2 is 2.62 bits per heavy atom. The third-order valence-corrected chi connectivity index (χ3v) is 2.34.